The third-order valence-electron chi connectivity index (χ3n) is 4.96. The molecule has 0 bridgehead atoms. The van der Waals surface area contributed by atoms with Crippen LogP contribution in [0.1, 0.15) is 56.8 Å². The molecule has 1 saturated carbocycles. The van der Waals surface area contributed by atoms with Crippen LogP contribution >= 0.6 is 0 Å². The van der Waals surface area contributed by atoms with E-state index in [9.17, 15) is 0 Å². The molecular weight excluding hydrogens is 246 g/mol. The molecule has 1 aliphatic carbocycles. The lowest BCUT2D eigenvalue weighted by Gasteiger charge is -2.46. The van der Waals surface area contributed by atoms with E-state index in [0.29, 0.717) is 6.04 Å². The number of aromatic nitrogens is 1. The second kappa shape index (κ2) is 6.68. The quantitative estimate of drug-likeness (QED) is 0.863. The minimum atomic E-state index is 0.259. The highest BCUT2D eigenvalue weighted by Crippen LogP contribution is 2.44. The van der Waals surface area contributed by atoms with Crippen molar-refractivity contribution in [2.24, 2.45) is 0 Å². The number of hydrogen-bond donors (Lipinski definition) is 1. The molecular formula is C17H29N3. The number of aryl methyl sites for hydroxylation is 1. The molecule has 3 nitrogen and oxygen atoms in total. The first-order valence-electron chi connectivity index (χ1n) is 8.02. The van der Waals surface area contributed by atoms with E-state index in [4.69, 9.17) is 0 Å². The van der Waals surface area contributed by atoms with Gasteiger partial charge in [-0.3, -0.25) is 9.88 Å². The maximum absolute atomic E-state index is 4.50. The van der Waals surface area contributed by atoms with Gasteiger partial charge in [0.1, 0.15) is 0 Å². The average Bonchev–Trinajstić information content (AvgIpc) is 2.93. The summed E-state index contributed by atoms with van der Waals surface area (Å²) in [6.07, 6.45) is 7.31. The molecule has 0 spiro atoms. The van der Waals surface area contributed by atoms with E-state index in [-0.39, 0.29) is 5.54 Å². The van der Waals surface area contributed by atoms with E-state index in [0.717, 1.165) is 18.8 Å². The molecule has 0 amide bonds. The Kier molecular flexibility index (Phi) is 5.17. The monoisotopic (exact) mass is 275 g/mol. The molecule has 20 heavy (non-hydrogen) atoms. The second-order valence-corrected chi connectivity index (χ2v) is 5.94. The van der Waals surface area contributed by atoms with Gasteiger partial charge in [0.2, 0.25) is 0 Å². The Hall–Kier alpha value is -0.930. The Balaban J connectivity index is 2.37. The minimum absolute atomic E-state index is 0.259. The van der Waals surface area contributed by atoms with E-state index < -0.39 is 0 Å². The van der Waals surface area contributed by atoms with Crippen molar-refractivity contribution in [3.05, 3.63) is 29.6 Å². The Labute approximate surface area is 123 Å². The Bertz CT molecular complexity index is 403. The molecule has 1 aromatic rings. The second-order valence-electron chi connectivity index (χ2n) is 5.94. The number of nitrogens with one attached hydrogen (secondary N) is 1. The number of likely N-dealkylation sites (N-methyl/N-ethyl adjacent to an activating group) is 2. The summed E-state index contributed by atoms with van der Waals surface area (Å²) < 4.78 is 0. The largest absolute Gasteiger partial charge is 0.311 e. The molecule has 1 heterocycles. The number of rotatable bonds is 6. The summed E-state index contributed by atoms with van der Waals surface area (Å²) in [6, 6.07) is 4.75. The number of hydrogen-bond acceptors (Lipinski definition) is 3. The van der Waals surface area contributed by atoms with Gasteiger partial charge in [-0.05, 0) is 51.5 Å². The molecule has 0 saturated heterocycles. The maximum atomic E-state index is 4.50. The first-order valence-corrected chi connectivity index (χ1v) is 8.02. The lowest BCUT2D eigenvalue weighted by atomic mass is 9.82. The van der Waals surface area contributed by atoms with Gasteiger partial charge >= 0.3 is 0 Å². The van der Waals surface area contributed by atoms with Crippen LogP contribution in [-0.4, -0.2) is 35.6 Å². The fourth-order valence-corrected chi connectivity index (χ4v) is 4.02. The normalized spacial score (nSPS) is 19.4. The molecule has 0 radical (unpaired) electrons. The molecule has 1 aromatic heterocycles. The highest BCUT2D eigenvalue weighted by molar-refractivity contribution is 5.23. The predicted molar refractivity (Wildman–Crippen MR) is 84.9 cm³/mol. The van der Waals surface area contributed by atoms with Crippen LogP contribution in [0.15, 0.2) is 18.3 Å². The molecule has 1 N–H and O–H groups in total. The van der Waals surface area contributed by atoms with Crippen molar-refractivity contribution in [2.75, 3.05) is 20.1 Å². The zero-order valence-corrected chi connectivity index (χ0v) is 13.4. The minimum Gasteiger partial charge on any atom is -0.311 e. The van der Waals surface area contributed by atoms with E-state index in [1.807, 2.05) is 6.92 Å². The van der Waals surface area contributed by atoms with Crippen molar-refractivity contribution >= 4 is 0 Å². The van der Waals surface area contributed by atoms with Crippen LogP contribution in [0.2, 0.25) is 0 Å². The van der Waals surface area contributed by atoms with Crippen LogP contribution in [0.3, 0.4) is 0 Å². The van der Waals surface area contributed by atoms with Crippen LogP contribution in [-0.2, 0) is 0 Å². The molecule has 1 aliphatic rings. The Morgan fingerprint density at radius 2 is 1.90 bits per heavy atom. The maximum Gasteiger partial charge on any atom is 0.0520 e. The highest BCUT2D eigenvalue weighted by Gasteiger charge is 2.44. The predicted octanol–water partition coefficient (Wildman–Crippen LogP) is 3.31. The molecule has 1 atom stereocenters. The number of nitrogens with zero attached hydrogens (tertiary/aromatic N) is 2. The van der Waals surface area contributed by atoms with Gasteiger partial charge < -0.3 is 5.32 Å². The van der Waals surface area contributed by atoms with Gasteiger partial charge in [-0.15, -0.1) is 0 Å². The van der Waals surface area contributed by atoms with Crippen molar-refractivity contribution in [3.63, 3.8) is 0 Å². The standard InChI is InChI=1S/C17H29N3/c1-5-20(6-2)17(11-7-8-12-17)16(18-4)15-10-9-14(3)19-13-15/h9-10,13,16,18H,5-8,11-12H2,1-4H3. The summed E-state index contributed by atoms with van der Waals surface area (Å²) >= 11 is 0. The van der Waals surface area contributed by atoms with E-state index in [2.05, 4.69) is 54.4 Å². The fraction of sp³-hybridized carbons (Fsp3) is 0.706. The SMILES string of the molecule is CCN(CC)C1(C(NC)c2ccc(C)nc2)CCCC1. The third kappa shape index (κ3) is 2.75. The van der Waals surface area contributed by atoms with Crippen molar-refractivity contribution < 1.29 is 0 Å². The Morgan fingerprint density at radius 3 is 2.35 bits per heavy atom. The van der Waals surface area contributed by atoms with Crippen molar-refractivity contribution in [1.82, 2.24) is 15.2 Å². The van der Waals surface area contributed by atoms with E-state index in [1.54, 1.807) is 0 Å². The van der Waals surface area contributed by atoms with Crippen LogP contribution in [0.25, 0.3) is 0 Å². The number of pyridine rings is 1. The van der Waals surface area contributed by atoms with Crippen LogP contribution in [0.4, 0.5) is 0 Å². The molecule has 0 aliphatic heterocycles. The van der Waals surface area contributed by atoms with Crippen LogP contribution in [0.5, 0.6) is 0 Å². The van der Waals surface area contributed by atoms with Gasteiger partial charge in [-0.1, -0.05) is 32.8 Å². The molecule has 3 heteroatoms. The lowest BCUT2D eigenvalue weighted by molar-refractivity contribution is 0.0654. The first kappa shape index (κ1) is 15.5. The van der Waals surface area contributed by atoms with Gasteiger partial charge in [0.25, 0.3) is 0 Å². The van der Waals surface area contributed by atoms with Gasteiger partial charge in [0, 0.05) is 17.4 Å². The first-order chi connectivity index (χ1) is 9.67. The smallest absolute Gasteiger partial charge is 0.0520 e. The van der Waals surface area contributed by atoms with Crippen molar-refractivity contribution in [1.29, 1.82) is 0 Å². The average molecular weight is 275 g/mol. The van der Waals surface area contributed by atoms with Gasteiger partial charge in [-0.2, -0.15) is 0 Å². The summed E-state index contributed by atoms with van der Waals surface area (Å²) in [5.74, 6) is 0. The molecule has 112 valence electrons. The zero-order valence-electron chi connectivity index (χ0n) is 13.4. The summed E-state index contributed by atoms with van der Waals surface area (Å²) in [5.41, 5.74) is 2.67. The molecule has 2 rings (SSSR count). The van der Waals surface area contributed by atoms with Crippen molar-refractivity contribution in [3.8, 4) is 0 Å². The highest BCUT2D eigenvalue weighted by atomic mass is 15.2. The summed E-state index contributed by atoms with van der Waals surface area (Å²) in [7, 11) is 2.09. The molecule has 1 fully saturated rings. The lowest BCUT2D eigenvalue weighted by Crippen LogP contribution is -2.54. The van der Waals surface area contributed by atoms with Crippen LogP contribution in [0, 0.1) is 6.92 Å². The van der Waals surface area contributed by atoms with E-state index in [1.165, 1.54) is 31.2 Å². The summed E-state index contributed by atoms with van der Waals surface area (Å²) in [6.45, 7) is 8.85. The molecule has 1 unspecified atom stereocenters. The van der Waals surface area contributed by atoms with Gasteiger partial charge in [0.15, 0.2) is 0 Å². The Morgan fingerprint density at radius 1 is 1.25 bits per heavy atom. The van der Waals surface area contributed by atoms with Crippen LogP contribution < -0.4 is 5.32 Å². The fourth-order valence-electron chi connectivity index (χ4n) is 4.02. The third-order valence-corrected chi connectivity index (χ3v) is 4.96. The van der Waals surface area contributed by atoms with Gasteiger partial charge in [0.05, 0.1) is 6.04 Å². The van der Waals surface area contributed by atoms with Crippen molar-refractivity contribution in [2.45, 2.75) is 58.0 Å². The summed E-state index contributed by atoms with van der Waals surface area (Å²) in [5, 5.41) is 3.59. The zero-order chi connectivity index (χ0) is 14.6. The topological polar surface area (TPSA) is 28.2 Å². The van der Waals surface area contributed by atoms with E-state index >= 15 is 0 Å². The summed E-state index contributed by atoms with van der Waals surface area (Å²) in [4.78, 5) is 7.16. The molecule has 0 aromatic carbocycles. The van der Waals surface area contributed by atoms with Gasteiger partial charge in [-0.25, -0.2) is 0 Å².